The molecule has 0 saturated heterocycles. The summed E-state index contributed by atoms with van der Waals surface area (Å²) in [5, 5.41) is 0.517. The molecule has 0 atom stereocenters. The second-order valence-corrected chi connectivity index (χ2v) is 10.3. The first kappa shape index (κ1) is 24.2. The second kappa shape index (κ2) is 9.87. The van der Waals surface area contributed by atoms with Crippen LogP contribution in [0.25, 0.3) is 10.9 Å². The molecule has 0 aliphatic rings. The van der Waals surface area contributed by atoms with Crippen molar-refractivity contribution < 1.29 is 17.9 Å². The zero-order valence-corrected chi connectivity index (χ0v) is 21.1. The molecule has 5 aromatic rings. The van der Waals surface area contributed by atoms with E-state index in [1.807, 2.05) is 67.6 Å². The molecule has 0 fully saturated rings. The Balaban J connectivity index is 1.78. The van der Waals surface area contributed by atoms with E-state index in [1.54, 1.807) is 30.3 Å². The smallest absolute Gasteiger partial charge is 0.355 e. The summed E-state index contributed by atoms with van der Waals surface area (Å²) in [7, 11) is -2.88. The zero-order valence-electron chi connectivity index (χ0n) is 20.3. The van der Waals surface area contributed by atoms with E-state index in [0.717, 1.165) is 26.4 Å². The molecule has 5 rings (SSSR count). The van der Waals surface area contributed by atoms with E-state index >= 15 is 0 Å². The summed E-state index contributed by atoms with van der Waals surface area (Å²) < 4.78 is 33.5. The molecule has 184 valence electrons. The minimum atomic E-state index is -4.11. The van der Waals surface area contributed by atoms with Gasteiger partial charge in [0.2, 0.25) is 0 Å². The average Bonchev–Trinajstić information content (AvgIpc) is 3.34. The molecule has 0 amide bonds. The Bertz CT molecular complexity index is 1680. The number of carbonyl (C=O) groups excluding carboxylic acids is 1. The number of ether oxygens (including phenoxy) is 1. The van der Waals surface area contributed by atoms with Gasteiger partial charge in [0.25, 0.3) is 10.0 Å². The molecular formula is C30H24N2O4S. The van der Waals surface area contributed by atoms with E-state index < -0.39 is 16.0 Å². The maximum absolute atomic E-state index is 13.8. The van der Waals surface area contributed by atoms with Crippen LogP contribution in [0.4, 0.5) is 5.69 Å². The Morgan fingerprint density at radius 3 is 1.95 bits per heavy atom. The fourth-order valence-corrected chi connectivity index (χ4v) is 5.71. The third-order valence-corrected chi connectivity index (χ3v) is 7.80. The Morgan fingerprint density at radius 2 is 1.38 bits per heavy atom. The monoisotopic (exact) mass is 508 g/mol. The summed E-state index contributed by atoms with van der Waals surface area (Å²) in [4.78, 5) is 17.8. The molecule has 37 heavy (non-hydrogen) atoms. The average molecular weight is 509 g/mol. The molecule has 6 nitrogen and oxygen atoms in total. The van der Waals surface area contributed by atoms with Gasteiger partial charge in [0.15, 0.2) is 0 Å². The van der Waals surface area contributed by atoms with Crippen molar-refractivity contribution in [3.63, 3.8) is 0 Å². The SMILES string of the molecule is COC(=O)c1cc2c(N=C(c3ccccc3)c3ccccc3)cccc2n1S(=O)(=O)c1ccc(C)cc1. The number of hydrogen-bond donors (Lipinski definition) is 0. The van der Waals surface area contributed by atoms with E-state index in [9.17, 15) is 13.2 Å². The molecule has 1 aromatic heterocycles. The van der Waals surface area contributed by atoms with Crippen LogP contribution in [-0.4, -0.2) is 31.2 Å². The van der Waals surface area contributed by atoms with Crippen LogP contribution in [0.5, 0.6) is 0 Å². The van der Waals surface area contributed by atoms with Crippen molar-refractivity contribution in [2.45, 2.75) is 11.8 Å². The van der Waals surface area contributed by atoms with Crippen molar-refractivity contribution in [3.05, 3.63) is 132 Å². The number of aliphatic imine (C=N–C) groups is 1. The van der Waals surface area contributed by atoms with Crippen molar-refractivity contribution in [1.82, 2.24) is 3.97 Å². The molecule has 0 N–H and O–H groups in total. The van der Waals surface area contributed by atoms with Gasteiger partial charge in [-0.3, -0.25) is 0 Å². The Morgan fingerprint density at radius 1 is 0.784 bits per heavy atom. The molecule has 1 heterocycles. The molecular weight excluding hydrogens is 484 g/mol. The third-order valence-electron chi connectivity index (χ3n) is 6.06. The van der Waals surface area contributed by atoms with E-state index in [4.69, 9.17) is 9.73 Å². The molecule has 0 radical (unpaired) electrons. The van der Waals surface area contributed by atoms with Gasteiger partial charge < -0.3 is 4.74 Å². The molecule has 0 spiro atoms. The van der Waals surface area contributed by atoms with Gasteiger partial charge in [-0.25, -0.2) is 22.2 Å². The molecule has 0 aliphatic carbocycles. The second-order valence-electron chi connectivity index (χ2n) is 8.51. The lowest BCUT2D eigenvalue weighted by atomic mass is 10.0. The lowest BCUT2D eigenvalue weighted by molar-refractivity contribution is 0.0593. The summed E-state index contributed by atoms with van der Waals surface area (Å²) in [6, 6.07) is 32.7. The number of methoxy groups -OCH3 is 1. The highest BCUT2D eigenvalue weighted by atomic mass is 32.2. The minimum Gasteiger partial charge on any atom is -0.464 e. The number of nitrogens with zero attached hydrogens (tertiary/aromatic N) is 2. The molecule has 0 unspecified atom stereocenters. The lowest BCUT2D eigenvalue weighted by Gasteiger charge is -2.12. The van der Waals surface area contributed by atoms with Gasteiger partial charge >= 0.3 is 5.97 Å². The lowest BCUT2D eigenvalue weighted by Crippen LogP contribution is -2.19. The number of rotatable bonds is 6. The minimum absolute atomic E-state index is 0.0731. The highest BCUT2D eigenvalue weighted by molar-refractivity contribution is 7.90. The number of aromatic nitrogens is 1. The normalized spacial score (nSPS) is 11.3. The highest BCUT2D eigenvalue weighted by Gasteiger charge is 2.28. The quantitative estimate of drug-likeness (QED) is 0.204. The fraction of sp³-hybridized carbons (Fsp3) is 0.0667. The van der Waals surface area contributed by atoms with Crippen molar-refractivity contribution in [2.24, 2.45) is 4.99 Å². The van der Waals surface area contributed by atoms with Crippen molar-refractivity contribution in [2.75, 3.05) is 7.11 Å². The predicted molar refractivity (Wildman–Crippen MR) is 145 cm³/mol. The van der Waals surface area contributed by atoms with Gasteiger partial charge in [-0.1, -0.05) is 84.4 Å². The summed E-state index contributed by atoms with van der Waals surface area (Å²) in [6.07, 6.45) is 0. The van der Waals surface area contributed by atoms with Crippen LogP contribution in [0.3, 0.4) is 0 Å². The number of fused-ring (bicyclic) bond motifs is 1. The Kier molecular flexibility index (Phi) is 6.46. The van der Waals surface area contributed by atoms with Crippen LogP contribution in [0, 0.1) is 6.92 Å². The van der Waals surface area contributed by atoms with Gasteiger partial charge in [-0.15, -0.1) is 0 Å². The first-order valence-corrected chi connectivity index (χ1v) is 13.1. The van der Waals surface area contributed by atoms with E-state index in [2.05, 4.69) is 0 Å². The summed E-state index contributed by atoms with van der Waals surface area (Å²) >= 11 is 0. The Labute approximate surface area is 215 Å². The van der Waals surface area contributed by atoms with Crippen molar-refractivity contribution >= 4 is 38.3 Å². The topological polar surface area (TPSA) is 77.7 Å². The third kappa shape index (κ3) is 4.57. The number of aryl methyl sites for hydroxylation is 1. The molecule has 4 aromatic carbocycles. The maximum atomic E-state index is 13.8. The number of esters is 1. The van der Waals surface area contributed by atoms with Crippen LogP contribution in [0.2, 0.25) is 0 Å². The zero-order chi connectivity index (χ0) is 26.0. The van der Waals surface area contributed by atoms with Gasteiger partial charge in [-0.2, -0.15) is 0 Å². The van der Waals surface area contributed by atoms with Crippen LogP contribution >= 0.6 is 0 Å². The van der Waals surface area contributed by atoms with Crippen molar-refractivity contribution in [3.8, 4) is 0 Å². The van der Waals surface area contributed by atoms with Crippen LogP contribution < -0.4 is 0 Å². The van der Waals surface area contributed by atoms with Crippen LogP contribution in [0.1, 0.15) is 27.2 Å². The maximum Gasteiger partial charge on any atom is 0.355 e. The van der Waals surface area contributed by atoms with Gasteiger partial charge in [-0.05, 0) is 37.3 Å². The van der Waals surface area contributed by atoms with E-state index in [1.165, 1.54) is 25.3 Å². The largest absolute Gasteiger partial charge is 0.464 e. The predicted octanol–water partition coefficient (Wildman–Crippen LogP) is 6.14. The standard InChI is InChI=1S/C30H24N2O4S/c1-21-16-18-24(19-17-21)37(34,35)32-27-15-9-14-26(25(27)20-28(32)30(33)36-2)31-29(22-10-5-3-6-11-22)23-12-7-4-8-13-23/h3-20H,1-2H3. The van der Waals surface area contributed by atoms with Gasteiger partial charge in [0.1, 0.15) is 5.69 Å². The molecule has 0 aliphatic heterocycles. The molecule has 7 heteroatoms. The number of hydrogen-bond acceptors (Lipinski definition) is 5. The van der Waals surface area contributed by atoms with E-state index in [0.29, 0.717) is 16.6 Å². The first-order valence-electron chi connectivity index (χ1n) is 11.6. The van der Waals surface area contributed by atoms with Gasteiger partial charge in [0.05, 0.1) is 28.9 Å². The van der Waals surface area contributed by atoms with E-state index in [-0.39, 0.29) is 10.6 Å². The number of benzene rings is 4. The summed E-state index contributed by atoms with van der Waals surface area (Å²) in [5.41, 5.74) is 4.24. The summed E-state index contributed by atoms with van der Waals surface area (Å²) in [6.45, 7) is 1.88. The summed E-state index contributed by atoms with van der Waals surface area (Å²) in [5.74, 6) is -0.756. The fourth-order valence-electron chi connectivity index (χ4n) is 4.22. The first-order chi connectivity index (χ1) is 17.9. The van der Waals surface area contributed by atoms with Gasteiger partial charge in [0, 0.05) is 16.5 Å². The number of carbonyl (C=O) groups is 1. The van der Waals surface area contributed by atoms with Crippen molar-refractivity contribution in [1.29, 1.82) is 0 Å². The van der Waals surface area contributed by atoms with Crippen LogP contribution in [0.15, 0.2) is 119 Å². The molecule has 0 bridgehead atoms. The molecule has 0 saturated carbocycles. The highest BCUT2D eigenvalue weighted by Crippen LogP contribution is 2.33. The van der Waals surface area contributed by atoms with Crippen LogP contribution in [-0.2, 0) is 14.8 Å². The Hall–Kier alpha value is -4.49.